The molecule has 0 unspecified atom stereocenters. The molecule has 0 atom stereocenters. The Labute approximate surface area is 150 Å². The van der Waals surface area contributed by atoms with Gasteiger partial charge in [0.05, 0.1) is 13.2 Å². The van der Waals surface area contributed by atoms with Crippen molar-refractivity contribution < 1.29 is 4.74 Å². The molecule has 7 heteroatoms. The zero-order valence-corrected chi connectivity index (χ0v) is 14.5. The maximum atomic E-state index is 5.40. The van der Waals surface area contributed by atoms with Gasteiger partial charge in [-0.1, -0.05) is 0 Å². The lowest BCUT2D eigenvalue weighted by molar-refractivity contribution is 0.122. The Balaban J connectivity index is 1.43. The number of pyridine rings is 1. The summed E-state index contributed by atoms with van der Waals surface area (Å²) in [7, 11) is 0. The molecule has 128 valence electrons. The van der Waals surface area contributed by atoms with Crippen molar-refractivity contribution in [2.75, 3.05) is 41.8 Å². The van der Waals surface area contributed by atoms with E-state index in [2.05, 4.69) is 49.8 Å². The third-order valence-corrected chi connectivity index (χ3v) is 4.65. The Hall–Kier alpha value is -2.64. The van der Waals surface area contributed by atoms with Gasteiger partial charge in [-0.05, 0) is 30.3 Å². The van der Waals surface area contributed by atoms with E-state index in [0.717, 1.165) is 48.6 Å². The maximum absolute atomic E-state index is 5.40. The molecule has 1 fully saturated rings. The topological polar surface area (TPSA) is 62.3 Å². The molecule has 25 heavy (non-hydrogen) atoms. The van der Waals surface area contributed by atoms with Gasteiger partial charge in [-0.25, -0.2) is 9.97 Å². The molecular formula is C18H19N5OS. The summed E-state index contributed by atoms with van der Waals surface area (Å²) in [5.74, 6) is 0.792. The van der Waals surface area contributed by atoms with Gasteiger partial charge in [-0.15, -0.1) is 11.3 Å². The molecule has 6 nitrogen and oxygen atoms in total. The highest BCUT2D eigenvalue weighted by molar-refractivity contribution is 7.13. The van der Waals surface area contributed by atoms with Crippen LogP contribution < -0.4 is 15.5 Å². The number of rotatable bonds is 5. The molecule has 1 aliphatic heterocycles. The van der Waals surface area contributed by atoms with E-state index < -0.39 is 0 Å². The van der Waals surface area contributed by atoms with E-state index in [0.29, 0.717) is 0 Å². The normalized spacial score (nSPS) is 14.3. The van der Waals surface area contributed by atoms with Crippen LogP contribution in [0.5, 0.6) is 0 Å². The fourth-order valence-corrected chi connectivity index (χ4v) is 3.26. The number of nitrogens with one attached hydrogen (secondary N) is 2. The minimum atomic E-state index is 0.792. The van der Waals surface area contributed by atoms with Gasteiger partial charge in [0.2, 0.25) is 0 Å². The minimum absolute atomic E-state index is 0.792. The van der Waals surface area contributed by atoms with Gasteiger partial charge in [0, 0.05) is 54.0 Å². The van der Waals surface area contributed by atoms with Crippen molar-refractivity contribution >= 4 is 39.3 Å². The third-order valence-electron chi connectivity index (χ3n) is 3.96. The number of aromatic nitrogens is 2. The van der Waals surface area contributed by atoms with E-state index >= 15 is 0 Å². The lowest BCUT2D eigenvalue weighted by Crippen LogP contribution is -2.36. The van der Waals surface area contributed by atoms with Crippen LogP contribution in [-0.2, 0) is 4.74 Å². The van der Waals surface area contributed by atoms with Gasteiger partial charge in [0.25, 0.3) is 0 Å². The van der Waals surface area contributed by atoms with E-state index in [9.17, 15) is 0 Å². The summed E-state index contributed by atoms with van der Waals surface area (Å²) < 4.78 is 5.40. The van der Waals surface area contributed by atoms with Crippen molar-refractivity contribution in [3.63, 3.8) is 0 Å². The molecule has 2 aromatic heterocycles. The van der Waals surface area contributed by atoms with Crippen LogP contribution in [-0.4, -0.2) is 36.3 Å². The maximum Gasteiger partial charge on any atom is 0.187 e. The number of morpholine rings is 1. The van der Waals surface area contributed by atoms with Gasteiger partial charge in [0.15, 0.2) is 5.13 Å². The average molecular weight is 353 g/mol. The van der Waals surface area contributed by atoms with Crippen molar-refractivity contribution in [3.8, 4) is 0 Å². The molecule has 0 radical (unpaired) electrons. The van der Waals surface area contributed by atoms with E-state index in [-0.39, 0.29) is 0 Å². The van der Waals surface area contributed by atoms with Gasteiger partial charge < -0.3 is 20.3 Å². The Kier molecular flexibility index (Phi) is 4.76. The van der Waals surface area contributed by atoms with Crippen molar-refractivity contribution in [1.82, 2.24) is 9.97 Å². The van der Waals surface area contributed by atoms with Crippen LogP contribution in [0.2, 0.25) is 0 Å². The van der Waals surface area contributed by atoms with Gasteiger partial charge in [-0.3, -0.25) is 0 Å². The van der Waals surface area contributed by atoms with Crippen molar-refractivity contribution in [2.45, 2.75) is 0 Å². The summed E-state index contributed by atoms with van der Waals surface area (Å²) in [6, 6.07) is 12.3. The summed E-state index contributed by atoms with van der Waals surface area (Å²) in [5, 5.41) is 9.42. The van der Waals surface area contributed by atoms with Gasteiger partial charge in [-0.2, -0.15) is 0 Å². The zero-order chi connectivity index (χ0) is 16.9. The second-order valence-electron chi connectivity index (χ2n) is 5.66. The molecule has 3 heterocycles. The molecule has 0 saturated carbocycles. The molecule has 1 saturated heterocycles. The Bertz CT molecular complexity index is 801. The average Bonchev–Trinajstić information content (AvgIpc) is 3.16. The fourth-order valence-electron chi connectivity index (χ4n) is 2.71. The van der Waals surface area contributed by atoms with Gasteiger partial charge in [0.1, 0.15) is 5.82 Å². The summed E-state index contributed by atoms with van der Waals surface area (Å²) >= 11 is 1.57. The Morgan fingerprint density at radius 1 is 0.920 bits per heavy atom. The number of hydrogen-bond donors (Lipinski definition) is 2. The molecular weight excluding hydrogens is 334 g/mol. The highest BCUT2D eigenvalue weighted by atomic mass is 32.1. The zero-order valence-electron chi connectivity index (χ0n) is 13.7. The molecule has 1 aliphatic rings. The van der Waals surface area contributed by atoms with Crippen LogP contribution in [0.25, 0.3) is 0 Å². The van der Waals surface area contributed by atoms with Crippen LogP contribution in [0, 0.1) is 0 Å². The van der Waals surface area contributed by atoms with Gasteiger partial charge >= 0.3 is 0 Å². The monoisotopic (exact) mass is 353 g/mol. The number of hydrogen-bond acceptors (Lipinski definition) is 7. The molecule has 0 aliphatic carbocycles. The Morgan fingerprint density at radius 2 is 1.76 bits per heavy atom. The lowest BCUT2D eigenvalue weighted by Gasteiger charge is -2.28. The lowest BCUT2D eigenvalue weighted by atomic mass is 10.2. The number of nitrogens with zero attached hydrogens (tertiary/aromatic N) is 3. The number of thiazole rings is 1. The highest BCUT2D eigenvalue weighted by Crippen LogP contribution is 2.24. The molecule has 0 bridgehead atoms. The van der Waals surface area contributed by atoms with Crippen LogP contribution >= 0.6 is 11.3 Å². The van der Waals surface area contributed by atoms with Crippen molar-refractivity contribution in [1.29, 1.82) is 0 Å². The van der Waals surface area contributed by atoms with Crippen LogP contribution in [0.3, 0.4) is 0 Å². The van der Waals surface area contributed by atoms with E-state index in [1.807, 2.05) is 17.5 Å². The second kappa shape index (κ2) is 7.50. The molecule has 0 amide bonds. The van der Waals surface area contributed by atoms with Crippen molar-refractivity contribution in [3.05, 3.63) is 54.2 Å². The summed E-state index contributed by atoms with van der Waals surface area (Å²) in [5.41, 5.74) is 3.19. The summed E-state index contributed by atoms with van der Waals surface area (Å²) in [6.45, 7) is 3.48. The quantitative estimate of drug-likeness (QED) is 0.726. The fraction of sp³-hybridized carbons (Fsp3) is 0.222. The third kappa shape index (κ3) is 4.07. The summed E-state index contributed by atoms with van der Waals surface area (Å²) in [6.07, 6.45) is 3.56. The predicted octanol–water partition coefficient (Wildman–Crippen LogP) is 3.86. The number of benzene rings is 1. The van der Waals surface area contributed by atoms with E-state index in [4.69, 9.17) is 4.74 Å². The van der Waals surface area contributed by atoms with Crippen molar-refractivity contribution in [2.24, 2.45) is 0 Å². The molecule has 2 N–H and O–H groups in total. The van der Waals surface area contributed by atoms with Crippen LogP contribution in [0.15, 0.2) is 54.2 Å². The first kappa shape index (κ1) is 15.9. The number of ether oxygens (including phenoxy) is 1. The first-order valence-corrected chi connectivity index (χ1v) is 9.07. The molecule has 1 aromatic carbocycles. The van der Waals surface area contributed by atoms with E-state index in [1.165, 1.54) is 5.69 Å². The first-order valence-electron chi connectivity index (χ1n) is 8.19. The molecule has 3 aromatic rings. The van der Waals surface area contributed by atoms with Crippen LogP contribution in [0.4, 0.5) is 28.0 Å². The molecule has 4 rings (SSSR count). The smallest absolute Gasteiger partial charge is 0.187 e. The highest BCUT2D eigenvalue weighted by Gasteiger charge is 2.10. The standard InChI is InChI=1S/C18H19N5OS/c1-3-16(23-8-10-24-11-9-23)4-2-14(1)21-17-13-15(5-6-19-17)22-18-20-7-12-25-18/h1-7,12-13H,8-11H2,(H2,19,20,21,22). The number of anilines is 5. The Morgan fingerprint density at radius 3 is 2.52 bits per heavy atom. The molecule has 0 spiro atoms. The van der Waals surface area contributed by atoms with E-state index in [1.54, 1.807) is 23.7 Å². The summed E-state index contributed by atoms with van der Waals surface area (Å²) in [4.78, 5) is 11.0. The predicted molar refractivity (Wildman–Crippen MR) is 102 cm³/mol. The first-order chi connectivity index (χ1) is 12.4. The minimum Gasteiger partial charge on any atom is -0.378 e. The largest absolute Gasteiger partial charge is 0.378 e. The second-order valence-corrected chi connectivity index (χ2v) is 6.56. The SMILES string of the molecule is c1cc(Nc2nccs2)cc(Nc2ccc(N3CCOCC3)cc2)n1. The van der Waals surface area contributed by atoms with Crippen LogP contribution in [0.1, 0.15) is 0 Å².